The predicted octanol–water partition coefficient (Wildman–Crippen LogP) is 4.42. The van der Waals surface area contributed by atoms with E-state index in [9.17, 15) is 5.11 Å². The molecule has 0 spiro atoms. The number of piperazine rings is 1. The summed E-state index contributed by atoms with van der Waals surface area (Å²) < 4.78 is 0. The standard InChI is InChI=1S/C26H31N3O/c1-19-16-29-13-12-28(17-20-10-11-27-25-9-4-3-8-24(20)25)18-22(29)15-26(19,2)21-6-5-7-23(30)14-21/h3-11,14,19,22,30H,12-13,15-18H2,1-2H3/t19?,22?,26-/m1/s1. The van der Waals surface area contributed by atoms with E-state index in [-0.39, 0.29) is 5.41 Å². The molecule has 0 bridgehead atoms. The van der Waals surface area contributed by atoms with Gasteiger partial charge in [0, 0.05) is 50.3 Å². The van der Waals surface area contributed by atoms with Gasteiger partial charge in [0.25, 0.3) is 0 Å². The van der Waals surface area contributed by atoms with E-state index >= 15 is 0 Å². The molecule has 4 nitrogen and oxygen atoms in total. The quantitative estimate of drug-likeness (QED) is 0.705. The van der Waals surface area contributed by atoms with Crippen LogP contribution in [0.15, 0.2) is 60.8 Å². The molecule has 4 heteroatoms. The van der Waals surface area contributed by atoms with Crippen LogP contribution in [-0.4, -0.2) is 52.1 Å². The minimum atomic E-state index is 0.0896. The molecule has 30 heavy (non-hydrogen) atoms. The van der Waals surface area contributed by atoms with Crippen LogP contribution in [0.1, 0.15) is 31.4 Å². The molecule has 0 radical (unpaired) electrons. The van der Waals surface area contributed by atoms with Crippen molar-refractivity contribution in [3.05, 3.63) is 71.9 Å². The molecule has 5 rings (SSSR count). The second-order valence-electron chi connectivity index (χ2n) is 9.44. The van der Waals surface area contributed by atoms with Gasteiger partial charge in [0.05, 0.1) is 5.52 Å². The maximum absolute atomic E-state index is 10.0. The number of benzene rings is 2. The van der Waals surface area contributed by atoms with Gasteiger partial charge in [0.1, 0.15) is 5.75 Å². The summed E-state index contributed by atoms with van der Waals surface area (Å²) in [5.74, 6) is 0.935. The van der Waals surface area contributed by atoms with Crippen molar-refractivity contribution in [2.75, 3.05) is 26.2 Å². The molecule has 2 aromatic carbocycles. The second-order valence-corrected chi connectivity index (χ2v) is 9.44. The monoisotopic (exact) mass is 401 g/mol. The third-order valence-electron chi connectivity index (χ3n) is 7.58. The summed E-state index contributed by atoms with van der Waals surface area (Å²) in [5.41, 5.74) is 3.81. The normalized spacial score (nSPS) is 27.8. The smallest absolute Gasteiger partial charge is 0.115 e. The number of phenols is 1. The number of fused-ring (bicyclic) bond motifs is 2. The first-order valence-electron chi connectivity index (χ1n) is 11.1. The number of rotatable bonds is 3. The first-order valence-corrected chi connectivity index (χ1v) is 11.1. The van der Waals surface area contributed by atoms with Gasteiger partial charge in [-0.1, -0.05) is 44.2 Å². The van der Waals surface area contributed by atoms with Gasteiger partial charge in [0.2, 0.25) is 0 Å². The van der Waals surface area contributed by atoms with E-state index in [2.05, 4.69) is 65.0 Å². The number of hydrogen-bond acceptors (Lipinski definition) is 4. The summed E-state index contributed by atoms with van der Waals surface area (Å²) >= 11 is 0. The fraction of sp³-hybridized carbons (Fsp3) is 0.423. The molecule has 2 fully saturated rings. The maximum atomic E-state index is 10.0. The third-order valence-corrected chi connectivity index (χ3v) is 7.58. The van der Waals surface area contributed by atoms with Crippen LogP contribution in [0, 0.1) is 5.92 Å². The Hall–Kier alpha value is -2.43. The van der Waals surface area contributed by atoms with Crippen molar-refractivity contribution in [1.82, 2.24) is 14.8 Å². The number of para-hydroxylation sites is 1. The Kier molecular flexibility index (Phi) is 5.00. The number of aromatic hydroxyl groups is 1. The molecule has 0 aliphatic carbocycles. The zero-order valence-electron chi connectivity index (χ0n) is 18.0. The number of nitrogens with zero attached hydrogens (tertiary/aromatic N) is 3. The molecule has 2 aliphatic rings. The van der Waals surface area contributed by atoms with Crippen molar-refractivity contribution in [2.24, 2.45) is 5.92 Å². The molecule has 1 aromatic heterocycles. The van der Waals surface area contributed by atoms with E-state index < -0.39 is 0 Å². The van der Waals surface area contributed by atoms with Crippen molar-refractivity contribution in [2.45, 2.75) is 38.3 Å². The van der Waals surface area contributed by atoms with Crippen LogP contribution >= 0.6 is 0 Å². The molecule has 2 saturated heterocycles. The van der Waals surface area contributed by atoms with Gasteiger partial charge in [0.15, 0.2) is 0 Å². The van der Waals surface area contributed by atoms with Crippen molar-refractivity contribution in [1.29, 1.82) is 0 Å². The third kappa shape index (κ3) is 3.48. The van der Waals surface area contributed by atoms with E-state index in [1.807, 2.05) is 18.3 Å². The molecular formula is C26H31N3O. The molecule has 156 valence electrons. The summed E-state index contributed by atoms with van der Waals surface area (Å²) in [6.45, 7) is 10.2. The van der Waals surface area contributed by atoms with Crippen LogP contribution in [0.4, 0.5) is 0 Å². The van der Waals surface area contributed by atoms with Gasteiger partial charge in [-0.25, -0.2) is 0 Å². The molecule has 0 saturated carbocycles. The van der Waals surface area contributed by atoms with Crippen LogP contribution in [0.5, 0.6) is 5.75 Å². The molecule has 2 aliphatic heterocycles. The topological polar surface area (TPSA) is 39.6 Å². The Balaban J connectivity index is 1.36. The molecule has 3 aromatic rings. The lowest BCUT2D eigenvalue weighted by molar-refractivity contribution is -0.00547. The number of hydrogen-bond donors (Lipinski definition) is 1. The largest absolute Gasteiger partial charge is 0.508 e. The fourth-order valence-corrected chi connectivity index (χ4v) is 5.58. The molecule has 3 atom stereocenters. The van der Waals surface area contributed by atoms with Crippen molar-refractivity contribution in [3.8, 4) is 5.75 Å². The van der Waals surface area contributed by atoms with Crippen LogP contribution in [-0.2, 0) is 12.0 Å². The Morgan fingerprint density at radius 2 is 1.93 bits per heavy atom. The number of aromatic nitrogens is 1. The average molecular weight is 402 g/mol. The number of pyridine rings is 1. The Labute approximate surface area is 179 Å². The summed E-state index contributed by atoms with van der Waals surface area (Å²) in [4.78, 5) is 9.83. The van der Waals surface area contributed by atoms with Crippen LogP contribution in [0.25, 0.3) is 10.9 Å². The SMILES string of the molecule is CC1CN2CCN(Cc3ccnc4ccccc34)CC2C[C@@]1(C)c1cccc(O)c1. The zero-order valence-corrected chi connectivity index (χ0v) is 18.0. The van der Waals surface area contributed by atoms with E-state index in [1.54, 1.807) is 6.07 Å². The lowest BCUT2D eigenvalue weighted by Crippen LogP contribution is -2.60. The molecule has 2 unspecified atom stereocenters. The van der Waals surface area contributed by atoms with E-state index in [0.717, 1.165) is 44.7 Å². The van der Waals surface area contributed by atoms with Crippen molar-refractivity contribution in [3.63, 3.8) is 0 Å². The van der Waals surface area contributed by atoms with Crippen molar-refractivity contribution < 1.29 is 5.11 Å². The molecule has 0 amide bonds. The minimum Gasteiger partial charge on any atom is -0.508 e. The average Bonchev–Trinajstić information content (AvgIpc) is 2.75. The maximum Gasteiger partial charge on any atom is 0.115 e. The Morgan fingerprint density at radius 3 is 2.80 bits per heavy atom. The van der Waals surface area contributed by atoms with Crippen molar-refractivity contribution >= 4 is 10.9 Å². The van der Waals surface area contributed by atoms with Crippen LogP contribution in [0.3, 0.4) is 0 Å². The van der Waals surface area contributed by atoms with Crippen LogP contribution in [0.2, 0.25) is 0 Å². The lowest BCUT2D eigenvalue weighted by Gasteiger charge is -2.53. The Bertz CT molecular complexity index is 1050. The van der Waals surface area contributed by atoms with Gasteiger partial charge in [-0.3, -0.25) is 14.8 Å². The van der Waals surface area contributed by atoms with Gasteiger partial charge in [-0.2, -0.15) is 0 Å². The number of phenolic OH excluding ortho intramolecular Hbond substituents is 1. The highest BCUT2D eigenvalue weighted by Gasteiger charge is 2.44. The predicted molar refractivity (Wildman–Crippen MR) is 122 cm³/mol. The summed E-state index contributed by atoms with van der Waals surface area (Å²) in [6.07, 6.45) is 3.07. The number of piperidine rings is 1. The first-order chi connectivity index (χ1) is 14.5. The van der Waals surface area contributed by atoms with Gasteiger partial charge in [-0.15, -0.1) is 0 Å². The highest BCUT2D eigenvalue weighted by molar-refractivity contribution is 5.81. The van der Waals surface area contributed by atoms with E-state index in [0.29, 0.717) is 17.7 Å². The van der Waals surface area contributed by atoms with Gasteiger partial charge >= 0.3 is 0 Å². The molecular weight excluding hydrogens is 370 g/mol. The molecule has 1 N–H and O–H groups in total. The van der Waals surface area contributed by atoms with E-state index in [1.165, 1.54) is 16.5 Å². The van der Waals surface area contributed by atoms with Gasteiger partial charge < -0.3 is 5.11 Å². The highest BCUT2D eigenvalue weighted by atomic mass is 16.3. The summed E-state index contributed by atoms with van der Waals surface area (Å²) in [5, 5.41) is 11.3. The Morgan fingerprint density at radius 1 is 1.07 bits per heavy atom. The fourth-order valence-electron chi connectivity index (χ4n) is 5.58. The van der Waals surface area contributed by atoms with E-state index in [4.69, 9.17) is 0 Å². The summed E-state index contributed by atoms with van der Waals surface area (Å²) in [6, 6.07) is 19.1. The highest BCUT2D eigenvalue weighted by Crippen LogP contribution is 2.43. The zero-order chi connectivity index (χ0) is 20.7. The summed E-state index contributed by atoms with van der Waals surface area (Å²) in [7, 11) is 0. The second kappa shape index (κ2) is 7.68. The van der Waals surface area contributed by atoms with Gasteiger partial charge in [-0.05, 0) is 53.1 Å². The first kappa shape index (κ1) is 19.5. The minimum absolute atomic E-state index is 0.0896. The van der Waals surface area contributed by atoms with Crippen LogP contribution < -0.4 is 0 Å². The lowest BCUT2D eigenvalue weighted by atomic mass is 9.65. The molecule has 3 heterocycles.